The number of unbranched alkanes of at least 4 members (excludes halogenated alkanes) is 1. The van der Waals surface area contributed by atoms with Crippen LogP contribution in [-0.4, -0.2) is 25.0 Å². The standard InChI is InChI=1S/C13H26N2O/c1-3-4-10-15-12(16)11-13(14-2)8-6-5-7-9-13/h14H,3-11H2,1-2H3,(H,15,16). The third-order valence-electron chi connectivity index (χ3n) is 3.69. The zero-order valence-electron chi connectivity index (χ0n) is 10.8. The average Bonchev–Trinajstić information content (AvgIpc) is 2.30. The van der Waals surface area contributed by atoms with Gasteiger partial charge in [0.15, 0.2) is 0 Å². The second kappa shape index (κ2) is 6.89. The van der Waals surface area contributed by atoms with Crippen LogP contribution in [0.2, 0.25) is 0 Å². The molecule has 0 aromatic heterocycles. The van der Waals surface area contributed by atoms with Gasteiger partial charge in [-0.3, -0.25) is 4.79 Å². The Morgan fingerprint density at radius 2 is 1.94 bits per heavy atom. The van der Waals surface area contributed by atoms with Gasteiger partial charge < -0.3 is 10.6 Å². The maximum Gasteiger partial charge on any atom is 0.221 e. The van der Waals surface area contributed by atoms with E-state index in [2.05, 4.69) is 17.6 Å². The van der Waals surface area contributed by atoms with Crippen molar-refractivity contribution in [2.45, 2.75) is 63.8 Å². The monoisotopic (exact) mass is 226 g/mol. The molecule has 0 heterocycles. The van der Waals surface area contributed by atoms with Crippen molar-refractivity contribution in [2.75, 3.05) is 13.6 Å². The summed E-state index contributed by atoms with van der Waals surface area (Å²) in [5, 5.41) is 6.39. The number of carbonyl (C=O) groups excluding carboxylic acids is 1. The van der Waals surface area contributed by atoms with Gasteiger partial charge in [0.25, 0.3) is 0 Å². The van der Waals surface area contributed by atoms with Crippen LogP contribution >= 0.6 is 0 Å². The summed E-state index contributed by atoms with van der Waals surface area (Å²) in [5.74, 6) is 0.213. The highest BCUT2D eigenvalue weighted by Crippen LogP contribution is 2.30. The van der Waals surface area contributed by atoms with Crippen molar-refractivity contribution in [2.24, 2.45) is 0 Å². The molecule has 3 nitrogen and oxygen atoms in total. The van der Waals surface area contributed by atoms with Gasteiger partial charge in [0.05, 0.1) is 0 Å². The fraction of sp³-hybridized carbons (Fsp3) is 0.923. The van der Waals surface area contributed by atoms with Crippen LogP contribution in [-0.2, 0) is 4.79 Å². The normalized spacial score (nSPS) is 19.4. The summed E-state index contributed by atoms with van der Waals surface area (Å²) in [5.41, 5.74) is 0.0779. The molecule has 1 amide bonds. The molecule has 0 aromatic rings. The molecule has 2 N–H and O–H groups in total. The molecular weight excluding hydrogens is 200 g/mol. The van der Waals surface area contributed by atoms with E-state index in [9.17, 15) is 4.79 Å². The fourth-order valence-corrected chi connectivity index (χ4v) is 2.52. The summed E-state index contributed by atoms with van der Waals surface area (Å²) in [6.07, 6.45) is 8.98. The van der Waals surface area contributed by atoms with Crippen molar-refractivity contribution in [1.82, 2.24) is 10.6 Å². The highest BCUT2D eigenvalue weighted by molar-refractivity contribution is 5.77. The molecule has 0 aromatic carbocycles. The summed E-state index contributed by atoms with van der Waals surface area (Å²) >= 11 is 0. The Hall–Kier alpha value is -0.570. The maximum atomic E-state index is 11.8. The van der Waals surface area contributed by atoms with Crippen LogP contribution in [0.3, 0.4) is 0 Å². The lowest BCUT2D eigenvalue weighted by atomic mass is 9.79. The number of hydrogen-bond acceptors (Lipinski definition) is 2. The molecule has 94 valence electrons. The zero-order chi connectivity index (χ0) is 11.9. The summed E-state index contributed by atoms with van der Waals surface area (Å²) in [7, 11) is 1.99. The van der Waals surface area contributed by atoms with Crippen molar-refractivity contribution < 1.29 is 4.79 Å². The van der Waals surface area contributed by atoms with Gasteiger partial charge in [0.1, 0.15) is 0 Å². The first kappa shape index (κ1) is 13.5. The van der Waals surface area contributed by atoms with Crippen molar-refractivity contribution in [3.05, 3.63) is 0 Å². The lowest BCUT2D eigenvalue weighted by Gasteiger charge is -2.36. The smallest absolute Gasteiger partial charge is 0.221 e. The fourth-order valence-electron chi connectivity index (χ4n) is 2.52. The van der Waals surface area contributed by atoms with Gasteiger partial charge in [-0.15, -0.1) is 0 Å². The Labute approximate surface area is 99.4 Å². The van der Waals surface area contributed by atoms with E-state index in [0.29, 0.717) is 6.42 Å². The highest BCUT2D eigenvalue weighted by atomic mass is 16.1. The SMILES string of the molecule is CCCCNC(=O)CC1(NC)CCCCC1. The first-order valence-electron chi connectivity index (χ1n) is 6.68. The molecular formula is C13H26N2O. The molecule has 16 heavy (non-hydrogen) atoms. The lowest BCUT2D eigenvalue weighted by molar-refractivity contribution is -0.122. The maximum absolute atomic E-state index is 11.8. The van der Waals surface area contributed by atoms with Crippen LogP contribution in [0.4, 0.5) is 0 Å². The molecule has 0 bridgehead atoms. The molecule has 1 fully saturated rings. The van der Waals surface area contributed by atoms with E-state index in [-0.39, 0.29) is 11.4 Å². The topological polar surface area (TPSA) is 41.1 Å². The minimum Gasteiger partial charge on any atom is -0.356 e. The number of rotatable bonds is 6. The van der Waals surface area contributed by atoms with E-state index in [1.807, 2.05) is 7.05 Å². The van der Waals surface area contributed by atoms with Gasteiger partial charge in [-0.25, -0.2) is 0 Å². The number of hydrogen-bond donors (Lipinski definition) is 2. The largest absolute Gasteiger partial charge is 0.356 e. The second-order valence-electron chi connectivity index (χ2n) is 4.97. The van der Waals surface area contributed by atoms with Crippen molar-refractivity contribution in [3.63, 3.8) is 0 Å². The van der Waals surface area contributed by atoms with Gasteiger partial charge in [0.2, 0.25) is 5.91 Å². The van der Waals surface area contributed by atoms with E-state index in [4.69, 9.17) is 0 Å². The molecule has 0 spiro atoms. The van der Waals surface area contributed by atoms with Crippen LogP contribution < -0.4 is 10.6 Å². The number of nitrogens with one attached hydrogen (secondary N) is 2. The van der Waals surface area contributed by atoms with Gasteiger partial charge >= 0.3 is 0 Å². The van der Waals surface area contributed by atoms with E-state index >= 15 is 0 Å². The van der Waals surface area contributed by atoms with Gasteiger partial charge in [-0.2, -0.15) is 0 Å². The third-order valence-corrected chi connectivity index (χ3v) is 3.69. The van der Waals surface area contributed by atoms with Crippen LogP contribution in [0.1, 0.15) is 58.3 Å². The van der Waals surface area contributed by atoms with Crippen molar-refractivity contribution in [1.29, 1.82) is 0 Å². The zero-order valence-corrected chi connectivity index (χ0v) is 10.8. The van der Waals surface area contributed by atoms with Crippen LogP contribution in [0.25, 0.3) is 0 Å². The minimum atomic E-state index is 0.0779. The Morgan fingerprint density at radius 1 is 1.25 bits per heavy atom. The highest BCUT2D eigenvalue weighted by Gasteiger charge is 2.32. The molecule has 1 aliphatic carbocycles. The molecule has 1 rings (SSSR count). The van der Waals surface area contributed by atoms with Gasteiger partial charge in [0, 0.05) is 18.5 Å². The van der Waals surface area contributed by atoms with Crippen molar-refractivity contribution in [3.8, 4) is 0 Å². The summed E-state index contributed by atoms with van der Waals surface area (Å²) in [6, 6.07) is 0. The molecule has 0 saturated heterocycles. The van der Waals surface area contributed by atoms with E-state index in [1.54, 1.807) is 0 Å². The molecule has 0 aliphatic heterocycles. The van der Waals surface area contributed by atoms with E-state index < -0.39 is 0 Å². The van der Waals surface area contributed by atoms with Crippen LogP contribution in [0.5, 0.6) is 0 Å². The lowest BCUT2D eigenvalue weighted by Crippen LogP contribution is -2.48. The van der Waals surface area contributed by atoms with E-state index in [1.165, 1.54) is 19.3 Å². The van der Waals surface area contributed by atoms with Gasteiger partial charge in [-0.1, -0.05) is 32.6 Å². The summed E-state index contributed by atoms with van der Waals surface area (Å²) in [4.78, 5) is 11.8. The predicted octanol–water partition coefficient (Wildman–Crippen LogP) is 2.22. The number of amides is 1. The average molecular weight is 226 g/mol. The molecule has 0 unspecified atom stereocenters. The molecule has 3 heteroatoms. The molecule has 0 radical (unpaired) electrons. The van der Waals surface area contributed by atoms with Crippen LogP contribution in [0.15, 0.2) is 0 Å². The quantitative estimate of drug-likeness (QED) is 0.682. The molecule has 1 saturated carbocycles. The van der Waals surface area contributed by atoms with Crippen molar-refractivity contribution >= 4 is 5.91 Å². The third kappa shape index (κ3) is 4.12. The van der Waals surface area contributed by atoms with Crippen LogP contribution in [0, 0.1) is 0 Å². The molecule has 0 atom stereocenters. The minimum absolute atomic E-state index is 0.0779. The Balaban J connectivity index is 2.33. The summed E-state index contributed by atoms with van der Waals surface area (Å²) < 4.78 is 0. The second-order valence-corrected chi connectivity index (χ2v) is 4.97. The van der Waals surface area contributed by atoms with Gasteiger partial charge in [-0.05, 0) is 26.3 Å². The predicted molar refractivity (Wildman–Crippen MR) is 67.4 cm³/mol. The first-order chi connectivity index (χ1) is 7.72. The Bertz CT molecular complexity index is 210. The van der Waals surface area contributed by atoms with E-state index in [0.717, 1.165) is 32.2 Å². The Kier molecular flexibility index (Phi) is 5.81. The molecule has 1 aliphatic rings. The Morgan fingerprint density at radius 3 is 2.50 bits per heavy atom. The first-order valence-corrected chi connectivity index (χ1v) is 6.68. The summed E-state index contributed by atoms with van der Waals surface area (Å²) in [6.45, 7) is 2.97. The number of carbonyl (C=O) groups is 1.